The number of hydrogen-bond acceptors (Lipinski definition) is 5. The lowest BCUT2D eigenvalue weighted by Gasteiger charge is -2.08. The molecule has 2 aromatic heterocycles. The van der Waals surface area contributed by atoms with Crippen molar-refractivity contribution in [2.24, 2.45) is 0 Å². The quantitative estimate of drug-likeness (QED) is 0.665. The summed E-state index contributed by atoms with van der Waals surface area (Å²) in [7, 11) is 1.32. The summed E-state index contributed by atoms with van der Waals surface area (Å²) in [6.45, 7) is 3.75. The molecular formula is C19H18ClFN4O2. The van der Waals surface area contributed by atoms with Crippen molar-refractivity contribution in [3.63, 3.8) is 0 Å². The molecule has 140 valence electrons. The maximum Gasteiger partial charge on any atom is 0.311 e. The number of aryl methyl sites for hydroxylation is 2. The van der Waals surface area contributed by atoms with E-state index in [4.69, 9.17) is 16.3 Å². The van der Waals surface area contributed by atoms with Crippen molar-refractivity contribution in [1.29, 1.82) is 0 Å². The van der Waals surface area contributed by atoms with Gasteiger partial charge in [-0.05, 0) is 38.1 Å². The standard InChI is InChI=1S/C19H18ClFN4O2/c1-11-7-13(8-12(2)22-11)25-14(10-18(26)27-3)9-17(24-25)23-16-6-4-5-15(20)19(16)21/h4-9H,10H2,1-3H3,(H,23,24). The number of rotatable bonds is 5. The molecule has 0 unspecified atom stereocenters. The minimum absolute atomic E-state index is 0.00889. The SMILES string of the molecule is COC(=O)Cc1cc(Nc2cccc(Cl)c2F)nn1-c1cc(C)nc(C)c1. The van der Waals surface area contributed by atoms with Gasteiger partial charge in [-0.2, -0.15) is 0 Å². The van der Waals surface area contributed by atoms with Crippen molar-refractivity contribution in [2.75, 3.05) is 12.4 Å². The molecule has 0 fully saturated rings. The molecule has 0 spiro atoms. The molecule has 0 aliphatic heterocycles. The number of nitrogens with zero attached hydrogens (tertiary/aromatic N) is 3. The van der Waals surface area contributed by atoms with Gasteiger partial charge >= 0.3 is 5.97 Å². The van der Waals surface area contributed by atoms with Gasteiger partial charge in [-0.3, -0.25) is 9.78 Å². The van der Waals surface area contributed by atoms with Gasteiger partial charge in [0.2, 0.25) is 0 Å². The van der Waals surface area contributed by atoms with Gasteiger partial charge in [0.15, 0.2) is 11.6 Å². The summed E-state index contributed by atoms with van der Waals surface area (Å²) >= 11 is 5.83. The zero-order valence-corrected chi connectivity index (χ0v) is 15.8. The number of hydrogen-bond donors (Lipinski definition) is 1. The fraction of sp³-hybridized carbons (Fsp3) is 0.211. The van der Waals surface area contributed by atoms with Crippen LogP contribution in [-0.4, -0.2) is 27.8 Å². The van der Waals surface area contributed by atoms with Crippen LogP contribution >= 0.6 is 11.6 Å². The Hall–Kier alpha value is -2.93. The van der Waals surface area contributed by atoms with E-state index in [-0.39, 0.29) is 17.1 Å². The molecule has 0 amide bonds. The Labute approximate surface area is 160 Å². The number of carbonyl (C=O) groups excluding carboxylic acids is 1. The normalized spacial score (nSPS) is 10.7. The van der Waals surface area contributed by atoms with Crippen molar-refractivity contribution in [3.8, 4) is 5.69 Å². The molecule has 27 heavy (non-hydrogen) atoms. The first-order valence-electron chi connectivity index (χ1n) is 8.20. The molecule has 3 rings (SSSR count). The minimum atomic E-state index is -0.571. The van der Waals surface area contributed by atoms with Crippen LogP contribution in [0.4, 0.5) is 15.9 Å². The van der Waals surface area contributed by atoms with Gasteiger partial charge in [0.05, 0.1) is 35.6 Å². The summed E-state index contributed by atoms with van der Waals surface area (Å²) in [4.78, 5) is 16.1. The van der Waals surface area contributed by atoms with Gasteiger partial charge in [0, 0.05) is 17.5 Å². The summed E-state index contributed by atoms with van der Waals surface area (Å²) in [6.07, 6.45) is 0.0175. The van der Waals surface area contributed by atoms with Crippen LogP contribution in [0.5, 0.6) is 0 Å². The molecule has 0 bridgehead atoms. The lowest BCUT2D eigenvalue weighted by atomic mass is 10.2. The second-order valence-corrected chi connectivity index (χ2v) is 6.43. The third kappa shape index (κ3) is 4.25. The van der Waals surface area contributed by atoms with Crippen LogP contribution in [0.1, 0.15) is 17.1 Å². The zero-order valence-electron chi connectivity index (χ0n) is 15.1. The van der Waals surface area contributed by atoms with E-state index in [1.807, 2.05) is 26.0 Å². The first kappa shape index (κ1) is 18.8. The van der Waals surface area contributed by atoms with Gasteiger partial charge in [0.1, 0.15) is 0 Å². The Balaban J connectivity index is 2.03. The third-order valence-corrected chi connectivity index (χ3v) is 4.15. The van der Waals surface area contributed by atoms with Crippen LogP contribution in [0.3, 0.4) is 0 Å². The van der Waals surface area contributed by atoms with Gasteiger partial charge in [-0.25, -0.2) is 9.07 Å². The Morgan fingerprint density at radius 3 is 2.63 bits per heavy atom. The highest BCUT2D eigenvalue weighted by Gasteiger charge is 2.16. The summed E-state index contributed by atoms with van der Waals surface area (Å²) in [6, 6.07) is 10.0. The Kier molecular flexibility index (Phi) is 5.41. The average Bonchev–Trinajstić information content (AvgIpc) is 3.00. The smallest absolute Gasteiger partial charge is 0.311 e. The van der Waals surface area contributed by atoms with Gasteiger partial charge in [-0.1, -0.05) is 17.7 Å². The van der Waals surface area contributed by atoms with Gasteiger partial charge in [-0.15, -0.1) is 5.10 Å². The van der Waals surface area contributed by atoms with Crippen molar-refractivity contribution < 1.29 is 13.9 Å². The van der Waals surface area contributed by atoms with E-state index in [9.17, 15) is 9.18 Å². The topological polar surface area (TPSA) is 69.0 Å². The number of methoxy groups -OCH3 is 1. The predicted molar refractivity (Wildman–Crippen MR) is 101 cm³/mol. The van der Waals surface area contributed by atoms with E-state index in [1.165, 1.54) is 13.2 Å². The number of anilines is 2. The van der Waals surface area contributed by atoms with Crippen LogP contribution in [0, 0.1) is 19.7 Å². The number of pyridine rings is 1. The van der Waals surface area contributed by atoms with E-state index in [0.29, 0.717) is 11.5 Å². The van der Waals surface area contributed by atoms with Crippen LogP contribution in [-0.2, 0) is 16.0 Å². The molecule has 0 atom stereocenters. The highest BCUT2D eigenvalue weighted by atomic mass is 35.5. The van der Waals surface area contributed by atoms with Crippen molar-refractivity contribution >= 4 is 29.1 Å². The van der Waals surface area contributed by atoms with Crippen LogP contribution < -0.4 is 5.32 Å². The lowest BCUT2D eigenvalue weighted by Crippen LogP contribution is -2.10. The number of esters is 1. The largest absolute Gasteiger partial charge is 0.469 e. The summed E-state index contributed by atoms with van der Waals surface area (Å²) in [5, 5.41) is 7.39. The monoisotopic (exact) mass is 388 g/mol. The zero-order chi connectivity index (χ0) is 19.6. The number of carbonyl (C=O) groups is 1. The lowest BCUT2D eigenvalue weighted by molar-refractivity contribution is -0.139. The molecule has 0 saturated heterocycles. The molecule has 2 heterocycles. The number of nitrogens with one attached hydrogen (secondary N) is 1. The van der Waals surface area contributed by atoms with Crippen LogP contribution in [0.15, 0.2) is 36.4 Å². The number of aromatic nitrogens is 3. The van der Waals surface area contributed by atoms with E-state index in [0.717, 1.165) is 17.1 Å². The summed E-state index contributed by atoms with van der Waals surface area (Å²) < 4.78 is 20.6. The third-order valence-electron chi connectivity index (χ3n) is 3.86. The maximum absolute atomic E-state index is 14.2. The fourth-order valence-corrected chi connectivity index (χ4v) is 2.90. The van der Waals surface area contributed by atoms with Gasteiger partial charge in [0.25, 0.3) is 0 Å². The van der Waals surface area contributed by atoms with Crippen LogP contribution in [0.2, 0.25) is 5.02 Å². The molecule has 0 saturated carbocycles. The molecule has 0 aliphatic carbocycles. The molecule has 1 aromatic carbocycles. The molecular weight excluding hydrogens is 371 g/mol. The van der Waals surface area contributed by atoms with E-state index < -0.39 is 11.8 Å². The minimum Gasteiger partial charge on any atom is -0.469 e. The number of ether oxygens (including phenoxy) is 1. The second-order valence-electron chi connectivity index (χ2n) is 6.02. The maximum atomic E-state index is 14.2. The van der Waals surface area contributed by atoms with E-state index in [1.54, 1.807) is 22.9 Å². The second kappa shape index (κ2) is 7.75. The van der Waals surface area contributed by atoms with Crippen molar-refractivity contribution in [2.45, 2.75) is 20.3 Å². The van der Waals surface area contributed by atoms with Crippen LogP contribution in [0.25, 0.3) is 5.69 Å². The van der Waals surface area contributed by atoms with E-state index >= 15 is 0 Å². The van der Waals surface area contributed by atoms with Crippen molar-refractivity contribution in [3.05, 3.63) is 64.3 Å². The highest BCUT2D eigenvalue weighted by Crippen LogP contribution is 2.26. The Morgan fingerprint density at radius 1 is 1.26 bits per heavy atom. The summed E-state index contributed by atoms with van der Waals surface area (Å²) in [5.41, 5.74) is 3.17. The first-order chi connectivity index (χ1) is 12.9. The summed E-state index contributed by atoms with van der Waals surface area (Å²) in [5.74, 6) is -0.597. The number of halogens is 2. The van der Waals surface area contributed by atoms with Gasteiger partial charge < -0.3 is 10.1 Å². The molecule has 3 aromatic rings. The molecule has 1 N–H and O–H groups in total. The molecule has 8 heteroatoms. The molecule has 6 nitrogen and oxygen atoms in total. The Morgan fingerprint density at radius 2 is 1.96 bits per heavy atom. The highest BCUT2D eigenvalue weighted by molar-refractivity contribution is 6.31. The number of benzene rings is 1. The average molecular weight is 389 g/mol. The van der Waals surface area contributed by atoms with Crippen molar-refractivity contribution in [1.82, 2.24) is 14.8 Å². The fourth-order valence-electron chi connectivity index (χ4n) is 2.72. The molecule has 0 radical (unpaired) electrons. The van der Waals surface area contributed by atoms with E-state index in [2.05, 4.69) is 15.4 Å². The molecule has 0 aliphatic rings. The Bertz CT molecular complexity index is 983. The first-order valence-corrected chi connectivity index (χ1v) is 8.57. The predicted octanol–water partition coefficient (Wildman–Crippen LogP) is 4.14.